The first-order chi connectivity index (χ1) is 10.9. The fourth-order valence-electron chi connectivity index (χ4n) is 3.40. The zero-order chi connectivity index (χ0) is 17.0. The molecule has 1 unspecified atom stereocenters. The van der Waals surface area contributed by atoms with Crippen molar-refractivity contribution in [2.45, 2.75) is 52.0 Å². The van der Waals surface area contributed by atoms with Gasteiger partial charge in [0.15, 0.2) is 5.12 Å². The summed E-state index contributed by atoms with van der Waals surface area (Å²) in [5.74, 6) is -0.686. The number of carbonyl (C=O) groups excluding carboxylic acids is 2. The molecule has 1 fully saturated rings. The van der Waals surface area contributed by atoms with Crippen LogP contribution < -0.4 is 0 Å². The topological polar surface area (TPSA) is 74.7 Å². The van der Waals surface area contributed by atoms with E-state index in [0.717, 1.165) is 30.2 Å². The van der Waals surface area contributed by atoms with E-state index in [1.54, 1.807) is 13.0 Å². The van der Waals surface area contributed by atoms with Crippen molar-refractivity contribution >= 4 is 28.8 Å². The van der Waals surface area contributed by atoms with Gasteiger partial charge in [0.25, 0.3) is 0 Å². The zero-order valence-electron chi connectivity index (χ0n) is 13.8. The summed E-state index contributed by atoms with van der Waals surface area (Å²) in [5, 5.41) is 9.42. The summed E-state index contributed by atoms with van der Waals surface area (Å²) in [7, 11) is 0. The van der Waals surface area contributed by atoms with Gasteiger partial charge in [-0.3, -0.25) is 9.59 Å². The number of hydrogen-bond donors (Lipinski definition) is 1. The number of carbonyl (C=O) groups is 3. The van der Waals surface area contributed by atoms with E-state index in [-0.39, 0.29) is 16.9 Å². The van der Waals surface area contributed by atoms with Gasteiger partial charge in [0.05, 0.1) is 0 Å². The number of hydrogen-bond acceptors (Lipinski definition) is 4. The summed E-state index contributed by atoms with van der Waals surface area (Å²) in [5.41, 5.74) is 1.11. The molecule has 5 nitrogen and oxygen atoms in total. The molecule has 23 heavy (non-hydrogen) atoms. The Morgan fingerprint density at radius 3 is 2.52 bits per heavy atom. The fraction of sp³-hybridized carbons (Fsp3) is 0.706. The monoisotopic (exact) mass is 339 g/mol. The summed E-state index contributed by atoms with van der Waals surface area (Å²) >= 11 is 1.11. The molecule has 2 atom stereocenters. The lowest BCUT2D eigenvalue weighted by Crippen LogP contribution is -2.44. The van der Waals surface area contributed by atoms with Gasteiger partial charge in [-0.2, -0.15) is 0 Å². The lowest BCUT2D eigenvalue weighted by molar-refractivity contribution is -0.148. The number of carboxylic acids is 1. The molecule has 1 N–H and O–H groups in total. The molecular weight excluding hydrogens is 314 g/mol. The highest BCUT2D eigenvalue weighted by Crippen LogP contribution is 2.34. The molecule has 0 spiro atoms. The van der Waals surface area contributed by atoms with Gasteiger partial charge in [-0.1, -0.05) is 37.9 Å². The Labute approximate surface area is 141 Å². The smallest absolute Gasteiger partial charge is 0.330 e. The summed E-state index contributed by atoms with van der Waals surface area (Å²) in [4.78, 5) is 36.7. The molecule has 128 valence electrons. The lowest BCUT2D eigenvalue weighted by Gasteiger charge is -2.27. The largest absolute Gasteiger partial charge is 0.479 e. The summed E-state index contributed by atoms with van der Waals surface area (Å²) < 4.78 is 0. The van der Waals surface area contributed by atoms with Crippen LogP contribution in [0.25, 0.3) is 0 Å². The van der Waals surface area contributed by atoms with E-state index in [2.05, 4.69) is 0 Å². The van der Waals surface area contributed by atoms with Crippen molar-refractivity contribution in [3.63, 3.8) is 0 Å². The van der Waals surface area contributed by atoms with Gasteiger partial charge in [0, 0.05) is 25.1 Å². The predicted octanol–water partition coefficient (Wildman–Crippen LogP) is 2.70. The zero-order valence-corrected chi connectivity index (χ0v) is 14.6. The first kappa shape index (κ1) is 18.0. The highest BCUT2D eigenvalue weighted by atomic mass is 32.2. The molecule has 2 aliphatic rings. The minimum Gasteiger partial charge on any atom is -0.479 e. The van der Waals surface area contributed by atoms with Gasteiger partial charge in [-0.25, -0.2) is 4.79 Å². The Bertz CT molecular complexity index is 511. The van der Waals surface area contributed by atoms with E-state index >= 15 is 0 Å². The fourth-order valence-corrected chi connectivity index (χ4v) is 4.02. The summed E-state index contributed by atoms with van der Waals surface area (Å²) in [6.07, 6.45) is 7.57. The Kier molecular flexibility index (Phi) is 6.27. The third-order valence-corrected chi connectivity index (χ3v) is 5.76. The third-order valence-electron chi connectivity index (χ3n) is 4.68. The molecule has 0 aromatic rings. The van der Waals surface area contributed by atoms with Crippen LogP contribution in [0.3, 0.4) is 0 Å². The molecule has 0 saturated heterocycles. The van der Waals surface area contributed by atoms with E-state index in [1.165, 1.54) is 31.1 Å². The molecule has 2 rings (SSSR count). The Hall–Kier alpha value is -1.30. The summed E-state index contributed by atoms with van der Waals surface area (Å²) in [6, 6.07) is -0.857. The van der Waals surface area contributed by atoms with Crippen LogP contribution >= 0.6 is 11.8 Å². The Balaban J connectivity index is 2.04. The van der Waals surface area contributed by atoms with Crippen molar-refractivity contribution in [2.24, 2.45) is 11.8 Å². The van der Waals surface area contributed by atoms with Gasteiger partial charge < -0.3 is 10.0 Å². The van der Waals surface area contributed by atoms with Crippen molar-refractivity contribution in [2.75, 3.05) is 12.3 Å². The van der Waals surface area contributed by atoms with E-state index in [0.29, 0.717) is 18.2 Å². The molecule has 0 radical (unpaired) electrons. The first-order valence-electron chi connectivity index (χ1n) is 8.27. The normalized spacial score (nSPS) is 23.5. The number of nitrogens with zero attached hydrogens (tertiary/aromatic N) is 1. The minimum absolute atomic E-state index is 0.0260. The maximum absolute atomic E-state index is 12.6. The number of rotatable bonds is 5. The van der Waals surface area contributed by atoms with Crippen LogP contribution in [-0.2, 0) is 14.4 Å². The van der Waals surface area contributed by atoms with E-state index in [1.807, 2.05) is 0 Å². The second-order valence-corrected chi connectivity index (χ2v) is 7.73. The van der Waals surface area contributed by atoms with Gasteiger partial charge in [0.2, 0.25) is 5.91 Å². The van der Waals surface area contributed by atoms with E-state index < -0.39 is 12.0 Å². The van der Waals surface area contributed by atoms with Crippen LogP contribution in [0.2, 0.25) is 0 Å². The molecule has 1 aliphatic carbocycles. The third kappa shape index (κ3) is 4.59. The molecule has 1 saturated carbocycles. The summed E-state index contributed by atoms with van der Waals surface area (Å²) in [6.45, 7) is 3.66. The van der Waals surface area contributed by atoms with Gasteiger partial charge in [-0.15, -0.1) is 0 Å². The van der Waals surface area contributed by atoms with Crippen LogP contribution in [-0.4, -0.2) is 45.3 Å². The van der Waals surface area contributed by atoms with Crippen molar-refractivity contribution in [1.29, 1.82) is 0 Å². The molecule has 1 heterocycles. The van der Waals surface area contributed by atoms with Crippen LogP contribution in [0.4, 0.5) is 0 Å². The maximum atomic E-state index is 12.6. The van der Waals surface area contributed by atoms with Gasteiger partial charge >= 0.3 is 5.97 Å². The number of aliphatic carboxylic acids is 1. The van der Waals surface area contributed by atoms with Crippen molar-refractivity contribution in [3.05, 3.63) is 11.6 Å². The van der Waals surface area contributed by atoms with Crippen molar-refractivity contribution in [1.82, 2.24) is 4.90 Å². The second-order valence-electron chi connectivity index (χ2n) is 6.53. The molecule has 1 amide bonds. The van der Waals surface area contributed by atoms with E-state index in [9.17, 15) is 19.5 Å². The standard InChI is InChI=1S/C17H25NO4S/c1-11(10-23-12(2)19)16(20)18-9-14(8-15(18)17(21)22)13-6-4-3-5-7-13/h8,11,13,15H,3-7,9-10H2,1-2H3,(H,21,22)/t11-,15?/m1/s1. The lowest BCUT2D eigenvalue weighted by atomic mass is 9.84. The van der Waals surface area contributed by atoms with Crippen molar-refractivity contribution < 1.29 is 19.5 Å². The average Bonchev–Trinajstić information content (AvgIpc) is 2.98. The van der Waals surface area contributed by atoms with Crippen LogP contribution in [0.1, 0.15) is 46.0 Å². The molecule has 0 aromatic heterocycles. The molecule has 6 heteroatoms. The Morgan fingerprint density at radius 1 is 1.30 bits per heavy atom. The first-order valence-corrected chi connectivity index (χ1v) is 9.26. The minimum atomic E-state index is -0.976. The molecule has 0 aromatic carbocycles. The maximum Gasteiger partial charge on any atom is 0.330 e. The van der Waals surface area contributed by atoms with Gasteiger partial charge in [0.1, 0.15) is 6.04 Å². The Morgan fingerprint density at radius 2 is 1.96 bits per heavy atom. The molecular formula is C17H25NO4S. The highest BCUT2D eigenvalue weighted by molar-refractivity contribution is 8.13. The van der Waals surface area contributed by atoms with Crippen molar-refractivity contribution in [3.8, 4) is 0 Å². The second kappa shape index (κ2) is 7.99. The van der Waals surface area contributed by atoms with Crippen LogP contribution in [0.15, 0.2) is 11.6 Å². The molecule has 0 bridgehead atoms. The number of amides is 1. The number of thioether (sulfide) groups is 1. The van der Waals surface area contributed by atoms with Crippen LogP contribution in [0.5, 0.6) is 0 Å². The quantitative estimate of drug-likeness (QED) is 0.780. The predicted molar refractivity (Wildman–Crippen MR) is 90.1 cm³/mol. The highest BCUT2D eigenvalue weighted by Gasteiger charge is 2.37. The number of carboxylic acid groups (broad SMARTS) is 1. The van der Waals surface area contributed by atoms with Gasteiger partial charge in [-0.05, 0) is 30.4 Å². The average molecular weight is 339 g/mol. The van der Waals surface area contributed by atoms with E-state index in [4.69, 9.17) is 0 Å². The van der Waals surface area contributed by atoms with Crippen LogP contribution in [0, 0.1) is 11.8 Å². The molecule has 1 aliphatic heterocycles. The SMILES string of the molecule is CC(=O)SC[C@@H](C)C(=O)N1CC(C2CCCCC2)=CC1C(=O)O.